The fourth-order valence-corrected chi connectivity index (χ4v) is 1.15. The molecule has 0 unspecified atom stereocenters. The molecule has 0 aromatic heterocycles. The highest BCUT2D eigenvalue weighted by Gasteiger charge is 2.10. The number of rotatable bonds is 0. The van der Waals surface area contributed by atoms with Gasteiger partial charge >= 0.3 is 0 Å². The minimum Gasteiger partial charge on any atom is -0.402 e. The van der Waals surface area contributed by atoms with Gasteiger partial charge < -0.3 is 5.73 Å². The Kier molecular flexibility index (Phi) is 2.41. The van der Waals surface area contributed by atoms with Gasteiger partial charge in [0, 0.05) is 17.5 Å². The summed E-state index contributed by atoms with van der Waals surface area (Å²) in [5.41, 5.74) is 8.14. The molecule has 0 atom stereocenters. The van der Waals surface area contributed by atoms with Crippen molar-refractivity contribution in [1.82, 2.24) is 0 Å². The summed E-state index contributed by atoms with van der Waals surface area (Å²) in [6.45, 7) is 6.44. The van der Waals surface area contributed by atoms with Crippen molar-refractivity contribution >= 4 is 0 Å². The van der Waals surface area contributed by atoms with Gasteiger partial charge in [-0.2, -0.15) is 0 Å². The summed E-state index contributed by atoms with van der Waals surface area (Å²) in [5.74, 6) is 0. The average molecular weight is 163 g/mol. The fourth-order valence-electron chi connectivity index (χ4n) is 1.15. The van der Waals surface area contributed by atoms with Crippen LogP contribution < -0.4 is 5.73 Å². The smallest absolute Gasteiger partial charge is 0.0148 e. The number of nitrogens with two attached hydrogens (primary N) is 1. The third kappa shape index (κ3) is 2.26. The molecule has 1 aliphatic carbocycles. The monoisotopic (exact) mass is 163 g/mol. The normalized spacial score (nSPS) is 33.6. The highest BCUT2D eigenvalue weighted by Crippen LogP contribution is 2.23. The van der Waals surface area contributed by atoms with Gasteiger partial charge in [0.05, 0.1) is 0 Å². The lowest BCUT2D eigenvalue weighted by atomic mass is 9.89. The number of allylic oxidation sites excluding steroid dienone is 5. The first-order valence-electron chi connectivity index (χ1n) is 4.33. The lowest BCUT2D eigenvalue weighted by Gasteiger charge is -2.17. The summed E-state index contributed by atoms with van der Waals surface area (Å²) >= 11 is 0. The molecule has 0 saturated carbocycles. The van der Waals surface area contributed by atoms with Gasteiger partial charge in [-0.1, -0.05) is 38.2 Å². The second kappa shape index (κ2) is 3.18. The van der Waals surface area contributed by atoms with E-state index in [-0.39, 0.29) is 5.41 Å². The van der Waals surface area contributed by atoms with Gasteiger partial charge in [-0.15, -0.1) is 0 Å². The molecule has 0 aromatic carbocycles. The molecule has 0 aliphatic heterocycles. The van der Waals surface area contributed by atoms with E-state index in [1.807, 2.05) is 0 Å². The van der Waals surface area contributed by atoms with Gasteiger partial charge in [-0.25, -0.2) is 0 Å². The van der Waals surface area contributed by atoms with E-state index in [1.54, 1.807) is 0 Å². The zero-order valence-corrected chi connectivity index (χ0v) is 8.09. The molecular formula is C11H17N. The average Bonchev–Trinajstić information content (AvgIpc) is 1.98. The molecule has 0 bridgehead atoms. The van der Waals surface area contributed by atoms with Gasteiger partial charge in [-0.05, 0) is 12.5 Å². The van der Waals surface area contributed by atoms with E-state index in [4.69, 9.17) is 5.73 Å². The molecule has 1 nitrogen and oxygen atoms in total. The molecule has 12 heavy (non-hydrogen) atoms. The summed E-state index contributed by atoms with van der Waals surface area (Å²) in [6, 6.07) is 0. The van der Waals surface area contributed by atoms with Crippen molar-refractivity contribution in [3.63, 3.8) is 0 Å². The van der Waals surface area contributed by atoms with E-state index < -0.39 is 0 Å². The Hall–Kier alpha value is -0.980. The van der Waals surface area contributed by atoms with Crippen LogP contribution in [0.1, 0.15) is 27.2 Å². The van der Waals surface area contributed by atoms with Gasteiger partial charge in [0.2, 0.25) is 0 Å². The minimum atomic E-state index is 0.169. The fraction of sp³-hybridized carbons (Fsp3) is 0.455. The maximum Gasteiger partial charge on any atom is 0.0148 e. The van der Waals surface area contributed by atoms with Crippen molar-refractivity contribution in [1.29, 1.82) is 0 Å². The maximum atomic E-state index is 5.81. The lowest BCUT2D eigenvalue weighted by Crippen LogP contribution is -2.06. The van der Waals surface area contributed by atoms with Crippen molar-refractivity contribution in [2.75, 3.05) is 0 Å². The van der Waals surface area contributed by atoms with E-state index in [0.717, 1.165) is 12.1 Å². The van der Waals surface area contributed by atoms with Gasteiger partial charge in [0.15, 0.2) is 0 Å². The Morgan fingerprint density at radius 1 is 1.33 bits per heavy atom. The summed E-state index contributed by atoms with van der Waals surface area (Å²) in [5, 5.41) is 0. The van der Waals surface area contributed by atoms with Crippen molar-refractivity contribution in [2.45, 2.75) is 27.2 Å². The zero-order valence-electron chi connectivity index (χ0n) is 8.09. The van der Waals surface area contributed by atoms with Crippen LogP contribution in [0.4, 0.5) is 0 Å². The largest absolute Gasteiger partial charge is 0.402 e. The van der Waals surface area contributed by atoms with E-state index in [1.165, 1.54) is 5.57 Å². The third-order valence-corrected chi connectivity index (χ3v) is 2.15. The second-order valence-corrected chi connectivity index (χ2v) is 3.97. The lowest BCUT2D eigenvalue weighted by molar-refractivity contribution is 0.621. The Balaban J connectivity index is 2.97. The molecule has 0 radical (unpaired) electrons. The van der Waals surface area contributed by atoms with E-state index in [9.17, 15) is 0 Å². The van der Waals surface area contributed by atoms with Crippen LogP contribution in [0.15, 0.2) is 35.6 Å². The molecule has 0 fully saturated rings. The van der Waals surface area contributed by atoms with Crippen molar-refractivity contribution in [3.8, 4) is 0 Å². The Labute approximate surface area is 74.7 Å². The van der Waals surface area contributed by atoms with Crippen LogP contribution in [-0.4, -0.2) is 0 Å². The van der Waals surface area contributed by atoms with E-state index in [2.05, 4.69) is 45.1 Å². The van der Waals surface area contributed by atoms with E-state index in [0.29, 0.717) is 0 Å². The predicted octanol–water partition coefficient (Wildman–Crippen LogP) is 2.76. The number of hydrogen-bond donors (Lipinski definition) is 1. The molecule has 1 rings (SSSR count). The maximum absolute atomic E-state index is 5.81. The van der Waals surface area contributed by atoms with Crippen LogP contribution >= 0.6 is 0 Å². The molecule has 1 heteroatoms. The first-order chi connectivity index (χ1) is 5.51. The summed E-state index contributed by atoms with van der Waals surface area (Å²) in [7, 11) is 0. The molecule has 2 N–H and O–H groups in total. The van der Waals surface area contributed by atoms with Crippen molar-refractivity contribution < 1.29 is 0 Å². The van der Waals surface area contributed by atoms with Crippen LogP contribution in [0, 0.1) is 5.41 Å². The highest BCUT2D eigenvalue weighted by molar-refractivity contribution is 5.28. The topological polar surface area (TPSA) is 26.0 Å². The van der Waals surface area contributed by atoms with Crippen molar-refractivity contribution in [3.05, 3.63) is 35.6 Å². The second-order valence-electron chi connectivity index (χ2n) is 3.97. The molecule has 0 amide bonds. The molecule has 1 aliphatic rings. The van der Waals surface area contributed by atoms with E-state index >= 15 is 0 Å². The molecule has 66 valence electrons. The predicted molar refractivity (Wildman–Crippen MR) is 53.6 cm³/mol. The standard InChI is InChI=1S/C11H17N/c1-9-6-8-11(2,3)7-4-5-10(9)12/h4,6-8H,5,12H2,1-3H3/b7-4-,8-6-,10-9+. The third-order valence-electron chi connectivity index (χ3n) is 2.15. The van der Waals surface area contributed by atoms with Crippen LogP contribution in [0.25, 0.3) is 0 Å². The summed E-state index contributed by atoms with van der Waals surface area (Å²) < 4.78 is 0. The zero-order chi connectivity index (χ0) is 9.19. The summed E-state index contributed by atoms with van der Waals surface area (Å²) in [6.07, 6.45) is 9.51. The summed E-state index contributed by atoms with van der Waals surface area (Å²) in [4.78, 5) is 0. The molecule has 0 spiro atoms. The van der Waals surface area contributed by atoms with Gasteiger partial charge in [-0.3, -0.25) is 0 Å². The quantitative estimate of drug-likeness (QED) is 0.546. The molecule has 0 saturated heterocycles. The molecular weight excluding hydrogens is 146 g/mol. The van der Waals surface area contributed by atoms with Crippen LogP contribution in [0.3, 0.4) is 0 Å². The Morgan fingerprint density at radius 2 is 2.00 bits per heavy atom. The van der Waals surface area contributed by atoms with Crippen LogP contribution in [0.2, 0.25) is 0 Å². The van der Waals surface area contributed by atoms with Crippen LogP contribution in [-0.2, 0) is 0 Å². The Bertz CT molecular complexity index is 254. The first kappa shape index (κ1) is 9.11. The van der Waals surface area contributed by atoms with Gasteiger partial charge in [0.1, 0.15) is 0 Å². The van der Waals surface area contributed by atoms with Crippen molar-refractivity contribution in [2.24, 2.45) is 11.1 Å². The molecule has 0 heterocycles. The number of hydrogen-bond acceptors (Lipinski definition) is 1. The Morgan fingerprint density at radius 3 is 2.67 bits per heavy atom. The van der Waals surface area contributed by atoms with Gasteiger partial charge in [0.25, 0.3) is 0 Å². The molecule has 0 aromatic rings. The van der Waals surface area contributed by atoms with Crippen LogP contribution in [0.5, 0.6) is 0 Å². The minimum absolute atomic E-state index is 0.169. The first-order valence-corrected chi connectivity index (χ1v) is 4.33. The highest BCUT2D eigenvalue weighted by atomic mass is 14.6. The SMILES string of the molecule is CC1=C(\N)C/C=C\C(C)(C)/C=C\1.